The number of aliphatic imine (C=N–C) groups is 1. The van der Waals surface area contributed by atoms with Crippen LogP contribution in [-0.4, -0.2) is 30.4 Å². The normalized spacial score (nSPS) is 17.9. The summed E-state index contributed by atoms with van der Waals surface area (Å²) in [5.41, 5.74) is 5.38. The fourth-order valence-electron chi connectivity index (χ4n) is 4.27. The summed E-state index contributed by atoms with van der Waals surface area (Å²) >= 11 is 0. The highest BCUT2D eigenvalue weighted by molar-refractivity contribution is 6.60. The molecule has 0 saturated heterocycles. The number of benzene rings is 1. The molecule has 1 amide bonds. The van der Waals surface area contributed by atoms with Gasteiger partial charge in [-0.1, -0.05) is 101 Å². The molecule has 2 rings (SSSR count). The minimum Gasteiger partial charge on any atom is -0.348 e. The predicted molar refractivity (Wildman–Crippen MR) is 166 cm³/mol. The fraction of sp³-hybridized carbons (Fsp3) is 0.515. The van der Waals surface area contributed by atoms with Crippen molar-refractivity contribution in [2.24, 2.45) is 15.9 Å². The van der Waals surface area contributed by atoms with Gasteiger partial charge in [0.15, 0.2) is 5.71 Å². The van der Waals surface area contributed by atoms with Crippen LogP contribution in [0.4, 0.5) is 0 Å². The summed E-state index contributed by atoms with van der Waals surface area (Å²) in [7, 11) is 0. The monoisotopic (exact) mass is 531 g/mol. The van der Waals surface area contributed by atoms with Crippen LogP contribution in [0.25, 0.3) is 0 Å². The van der Waals surface area contributed by atoms with Crippen molar-refractivity contribution in [2.75, 3.05) is 6.54 Å². The third-order valence-electron chi connectivity index (χ3n) is 6.60. The molecule has 1 aliphatic rings. The molecule has 0 radical (unpaired) electrons. The Hall–Kier alpha value is -3.46. The van der Waals surface area contributed by atoms with Crippen LogP contribution in [0.1, 0.15) is 109 Å². The Morgan fingerprint density at radius 2 is 1.87 bits per heavy atom. The van der Waals surface area contributed by atoms with E-state index in [9.17, 15) is 10.1 Å². The Labute approximate surface area is 236 Å². The Morgan fingerprint density at radius 3 is 2.44 bits per heavy atom. The second-order valence-electron chi connectivity index (χ2n) is 10.2. The number of rotatable bonds is 13. The van der Waals surface area contributed by atoms with Gasteiger partial charge in [0.05, 0.1) is 24.4 Å². The number of nitrogens with two attached hydrogens (primary N) is 1. The van der Waals surface area contributed by atoms with Crippen molar-refractivity contribution < 1.29 is 4.79 Å². The van der Waals surface area contributed by atoms with Gasteiger partial charge < -0.3 is 11.2 Å². The van der Waals surface area contributed by atoms with E-state index < -0.39 is 0 Å². The predicted octanol–water partition coefficient (Wildman–Crippen LogP) is 7.45. The summed E-state index contributed by atoms with van der Waals surface area (Å²) in [5, 5.41) is 16.0. The molecule has 3 N–H and O–H groups in total. The maximum atomic E-state index is 12.6. The van der Waals surface area contributed by atoms with Crippen molar-refractivity contribution in [1.29, 1.82) is 5.26 Å². The van der Waals surface area contributed by atoms with Crippen LogP contribution in [0.5, 0.6) is 0 Å². The molecule has 0 heterocycles. The van der Waals surface area contributed by atoms with Crippen LogP contribution in [0.3, 0.4) is 0 Å². The fourth-order valence-corrected chi connectivity index (χ4v) is 4.27. The first-order valence-corrected chi connectivity index (χ1v) is 14.4. The van der Waals surface area contributed by atoms with Crippen LogP contribution in [0, 0.1) is 18.3 Å². The largest absolute Gasteiger partial charge is 0.348 e. The Morgan fingerprint density at radius 1 is 1.15 bits per heavy atom. The van der Waals surface area contributed by atoms with E-state index in [1.807, 2.05) is 19.1 Å². The molecule has 0 atom stereocenters. The van der Waals surface area contributed by atoms with Gasteiger partial charge in [-0.2, -0.15) is 10.4 Å². The first-order valence-electron chi connectivity index (χ1n) is 14.4. The molecule has 1 aromatic rings. The van der Waals surface area contributed by atoms with E-state index in [1.165, 1.54) is 31.1 Å². The molecule has 1 aromatic carbocycles. The van der Waals surface area contributed by atoms with Crippen LogP contribution in [0.15, 0.2) is 63.7 Å². The number of carbonyl (C=O) groups is 1. The van der Waals surface area contributed by atoms with Crippen molar-refractivity contribution in [3.05, 3.63) is 70.3 Å². The lowest BCUT2D eigenvalue weighted by atomic mass is 9.74. The molecule has 0 aromatic heterocycles. The quantitative estimate of drug-likeness (QED) is 0.119. The Balaban J connectivity index is 0.00000139. The third kappa shape index (κ3) is 12.8. The van der Waals surface area contributed by atoms with Crippen molar-refractivity contribution in [1.82, 2.24) is 5.32 Å². The number of amides is 1. The second-order valence-corrected chi connectivity index (χ2v) is 10.2. The molecule has 0 spiro atoms. The highest BCUT2D eigenvalue weighted by Gasteiger charge is 2.33. The number of hydrazone groups is 1. The third-order valence-corrected chi connectivity index (χ3v) is 6.60. The first-order chi connectivity index (χ1) is 18.8. The highest BCUT2D eigenvalue weighted by Crippen LogP contribution is 2.38. The molecular formula is C33H49N5O. The van der Waals surface area contributed by atoms with Gasteiger partial charge in [0.2, 0.25) is 0 Å². The number of carbonyl (C=O) groups excluding carboxylic acids is 1. The zero-order valence-corrected chi connectivity index (χ0v) is 25.0. The topological polar surface area (TPSA) is 104 Å². The number of unbranched alkanes of at least 4 members (excludes halogenated alkanes) is 2. The van der Waals surface area contributed by atoms with E-state index >= 15 is 0 Å². The number of nitrogens with zero attached hydrogens (tertiary/aromatic N) is 3. The Kier molecular flexibility index (Phi) is 16.9. The number of nitriles is 1. The molecule has 212 valence electrons. The average molecular weight is 532 g/mol. The number of hydrogen-bond donors (Lipinski definition) is 2. The van der Waals surface area contributed by atoms with E-state index in [-0.39, 0.29) is 23.6 Å². The smallest absolute Gasteiger partial charge is 0.273 e. The SMILES string of the molecule is CCCCC.CC\C=C/C(=C\C=C(/C)CCC)CN=C/C(=N\N)C(=O)NC1CC(c2cc(C)ccc2C#N)C1. The molecule has 1 saturated carbocycles. The van der Waals surface area contributed by atoms with Crippen LogP contribution < -0.4 is 11.2 Å². The van der Waals surface area contributed by atoms with Gasteiger partial charge >= 0.3 is 0 Å². The van der Waals surface area contributed by atoms with Crippen molar-refractivity contribution in [3.63, 3.8) is 0 Å². The molecule has 0 unspecified atom stereocenters. The van der Waals surface area contributed by atoms with E-state index in [4.69, 9.17) is 5.84 Å². The Bertz CT molecular complexity index is 1080. The molecule has 1 fully saturated rings. The lowest BCUT2D eigenvalue weighted by molar-refractivity contribution is -0.115. The summed E-state index contributed by atoms with van der Waals surface area (Å²) in [6, 6.07) is 8.18. The lowest BCUT2D eigenvalue weighted by Gasteiger charge is -2.36. The average Bonchev–Trinajstić information content (AvgIpc) is 2.90. The number of hydrogen-bond acceptors (Lipinski definition) is 5. The number of nitrogens with one attached hydrogen (secondary N) is 1. The van der Waals surface area contributed by atoms with Gasteiger partial charge in [-0.15, -0.1) is 0 Å². The van der Waals surface area contributed by atoms with E-state index in [2.05, 4.69) is 86.5 Å². The molecule has 39 heavy (non-hydrogen) atoms. The summed E-state index contributed by atoms with van der Waals surface area (Å²) in [6.45, 7) is 13.3. The lowest BCUT2D eigenvalue weighted by Crippen LogP contribution is -2.46. The van der Waals surface area contributed by atoms with Gasteiger partial charge in [-0.3, -0.25) is 9.79 Å². The number of aryl methyl sites for hydroxylation is 1. The molecule has 1 aliphatic carbocycles. The van der Waals surface area contributed by atoms with E-state index in [0.717, 1.165) is 48.8 Å². The van der Waals surface area contributed by atoms with Gasteiger partial charge in [0.25, 0.3) is 5.91 Å². The first kappa shape index (κ1) is 33.6. The van der Waals surface area contributed by atoms with Gasteiger partial charge in [-0.05, 0) is 62.7 Å². The van der Waals surface area contributed by atoms with Crippen LogP contribution >= 0.6 is 0 Å². The van der Waals surface area contributed by atoms with Gasteiger partial charge in [-0.25, -0.2) is 0 Å². The minimum atomic E-state index is -0.326. The van der Waals surface area contributed by atoms with E-state index in [1.54, 1.807) is 0 Å². The molecule has 0 aliphatic heterocycles. The van der Waals surface area contributed by atoms with Crippen LogP contribution in [0.2, 0.25) is 0 Å². The summed E-state index contributed by atoms with van der Waals surface area (Å²) in [5.74, 6) is 5.42. The maximum Gasteiger partial charge on any atom is 0.273 e. The molecule has 0 bridgehead atoms. The molecule has 6 heteroatoms. The van der Waals surface area contributed by atoms with Gasteiger partial charge in [0.1, 0.15) is 0 Å². The summed E-state index contributed by atoms with van der Waals surface area (Å²) in [4.78, 5) is 17.0. The molecule has 6 nitrogen and oxygen atoms in total. The highest BCUT2D eigenvalue weighted by atomic mass is 16.2. The summed E-state index contributed by atoms with van der Waals surface area (Å²) < 4.78 is 0. The second kappa shape index (κ2) is 19.6. The zero-order valence-electron chi connectivity index (χ0n) is 25.0. The maximum absolute atomic E-state index is 12.6. The summed E-state index contributed by atoms with van der Waals surface area (Å²) in [6.07, 6.45) is 18.6. The van der Waals surface area contributed by atoms with Crippen molar-refractivity contribution >= 4 is 17.8 Å². The zero-order chi connectivity index (χ0) is 29.0. The van der Waals surface area contributed by atoms with Crippen LogP contribution in [-0.2, 0) is 4.79 Å². The minimum absolute atomic E-state index is 0.0318. The van der Waals surface area contributed by atoms with Crippen molar-refractivity contribution in [2.45, 2.75) is 105 Å². The van der Waals surface area contributed by atoms with Gasteiger partial charge in [0, 0.05) is 6.04 Å². The van der Waals surface area contributed by atoms with E-state index in [0.29, 0.717) is 12.1 Å². The molecular weight excluding hydrogens is 482 g/mol. The standard InChI is InChI=1S/C28H37N5O.C5H12/c1-5-7-9-22(12-10-20(3)8-6-2)18-31-19-27(33-30)28(34)32-25-15-24(16-25)26-14-21(4)11-13-23(26)17-29;1-3-5-4-2/h7,9-14,19,24-25H,5-6,8,15-16,18,30H2,1-4H3,(H,32,34);3-5H2,1-2H3/b9-7-,20-10+,22-12+,31-19?,33-27+;. The number of allylic oxidation sites excluding steroid dienone is 4. The van der Waals surface area contributed by atoms with Crippen molar-refractivity contribution in [3.8, 4) is 6.07 Å².